The van der Waals surface area contributed by atoms with Crippen molar-refractivity contribution in [1.82, 2.24) is 10.1 Å². The van der Waals surface area contributed by atoms with Crippen LogP contribution in [0.3, 0.4) is 0 Å². The molecule has 1 fully saturated rings. The first kappa shape index (κ1) is 22.0. The molecule has 32 heavy (non-hydrogen) atoms. The minimum atomic E-state index is -0.369. The smallest absolute Gasteiger partial charge is 0.338 e. The molecule has 0 radical (unpaired) electrons. The molecule has 1 atom stereocenters. The Bertz CT molecular complexity index is 997. The summed E-state index contributed by atoms with van der Waals surface area (Å²) < 4.78 is 22.2. The number of rotatable bonds is 8. The molecule has 1 aliphatic heterocycles. The number of carbonyl (C=O) groups is 1. The van der Waals surface area contributed by atoms with Gasteiger partial charge in [-0.2, -0.15) is 0 Å². The van der Waals surface area contributed by atoms with Crippen molar-refractivity contribution in [1.29, 1.82) is 0 Å². The molecule has 2 heterocycles. The average molecular weight is 437 g/mol. The molecule has 2 aromatic carbocycles. The van der Waals surface area contributed by atoms with E-state index in [0.29, 0.717) is 24.5 Å². The van der Waals surface area contributed by atoms with E-state index < -0.39 is 0 Å². The molecule has 0 spiro atoms. The molecule has 3 aromatic rings. The topological polar surface area (TPSA) is 74.0 Å². The van der Waals surface area contributed by atoms with Gasteiger partial charge in [-0.3, -0.25) is 4.90 Å². The summed E-state index contributed by atoms with van der Waals surface area (Å²) in [7, 11) is 0. The van der Waals surface area contributed by atoms with Crippen molar-refractivity contribution < 1.29 is 23.5 Å². The van der Waals surface area contributed by atoms with E-state index in [1.54, 1.807) is 24.3 Å². The molecule has 1 aromatic heterocycles. The van der Waals surface area contributed by atoms with Crippen LogP contribution in [0.25, 0.3) is 0 Å². The molecule has 1 aliphatic rings. The fourth-order valence-electron chi connectivity index (χ4n) is 3.67. The van der Waals surface area contributed by atoms with Gasteiger partial charge >= 0.3 is 5.97 Å². The lowest BCUT2D eigenvalue weighted by molar-refractivity contribution is -0.0612. The fraction of sp³-hybridized carbons (Fsp3) is 0.360. The predicted octanol–water partition coefficient (Wildman–Crippen LogP) is 3.93. The van der Waals surface area contributed by atoms with Crippen LogP contribution in [0.5, 0.6) is 5.75 Å². The maximum absolute atomic E-state index is 12.5. The van der Waals surface area contributed by atoms with Gasteiger partial charge in [-0.05, 0) is 43.7 Å². The van der Waals surface area contributed by atoms with Crippen molar-refractivity contribution >= 4 is 5.97 Å². The summed E-state index contributed by atoms with van der Waals surface area (Å²) in [4.78, 5) is 14.8. The molecule has 168 valence electrons. The van der Waals surface area contributed by atoms with Crippen LogP contribution in [0.4, 0.5) is 0 Å². The predicted molar refractivity (Wildman–Crippen MR) is 118 cm³/mol. The maximum atomic E-state index is 12.5. The maximum Gasteiger partial charge on any atom is 0.338 e. The van der Waals surface area contributed by atoms with E-state index in [-0.39, 0.29) is 18.7 Å². The van der Waals surface area contributed by atoms with Crippen LogP contribution in [0.15, 0.2) is 59.1 Å². The average Bonchev–Trinajstić information content (AvgIpc) is 3.14. The second-order valence-corrected chi connectivity index (χ2v) is 7.93. The Morgan fingerprint density at radius 3 is 2.62 bits per heavy atom. The molecule has 0 N–H and O–H groups in total. The zero-order valence-electron chi connectivity index (χ0n) is 18.5. The Hall–Kier alpha value is -3.16. The molecule has 1 saturated heterocycles. The van der Waals surface area contributed by atoms with Gasteiger partial charge in [0, 0.05) is 19.6 Å². The van der Waals surface area contributed by atoms with E-state index in [0.717, 1.165) is 36.7 Å². The highest BCUT2D eigenvalue weighted by atomic mass is 16.6. The number of esters is 1. The van der Waals surface area contributed by atoms with Gasteiger partial charge in [-0.1, -0.05) is 35.5 Å². The van der Waals surface area contributed by atoms with Crippen molar-refractivity contribution in [2.75, 3.05) is 26.3 Å². The van der Waals surface area contributed by atoms with E-state index in [4.69, 9.17) is 18.7 Å². The molecule has 7 nitrogen and oxygen atoms in total. The highest BCUT2D eigenvalue weighted by molar-refractivity contribution is 5.89. The van der Waals surface area contributed by atoms with E-state index in [9.17, 15) is 4.79 Å². The molecule has 4 rings (SSSR count). The van der Waals surface area contributed by atoms with Crippen LogP contribution in [0, 0.1) is 13.8 Å². The van der Waals surface area contributed by atoms with E-state index in [1.807, 2.05) is 32.0 Å². The molecule has 0 aliphatic carbocycles. The van der Waals surface area contributed by atoms with E-state index in [2.05, 4.69) is 22.2 Å². The molecule has 7 heteroatoms. The third kappa shape index (κ3) is 5.75. The SMILES string of the molecule is Cc1noc(C)c1COc1ccc(C(=O)OCC2CN(Cc3ccccc3)CCO2)cc1. The largest absolute Gasteiger partial charge is 0.489 e. The van der Waals surface area contributed by atoms with Crippen molar-refractivity contribution in [2.24, 2.45) is 0 Å². The summed E-state index contributed by atoms with van der Waals surface area (Å²) in [5.74, 6) is 1.04. The van der Waals surface area contributed by atoms with Crippen LogP contribution in [0.2, 0.25) is 0 Å². The lowest BCUT2D eigenvalue weighted by atomic mass is 10.2. The number of aryl methyl sites for hydroxylation is 2. The first-order valence-corrected chi connectivity index (χ1v) is 10.8. The van der Waals surface area contributed by atoms with Crippen LogP contribution in [-0.4, -0.2) is 48.4 Å². The summed E-state index contributed by atoms with van der Waals surface area (Å²) >= 11 is 0. The summed E-state index contributed by atoms with van der Waals surface area (Å²) in [5, 5.41) is 3.92. The number of aromatic nitrogens is 1. The second kappa shape index (κ2) is 10.4. The van der Waals surface area contributed by atoms with Gasteiger partial charge in [0.25, 0.3) is 0 Å². The van der Waals surface area contributed by atoms with Crippen molar-refractivity contribution in [2.45, 2.75) is 33.1 Å². The fourth-order valence-corrected chi connectivity index (χ4v) is 3.67. The van der Waals surface area contributed by atoms with Crippen molar-refractivity contribution in [3.63, 3.8) is 0 Å². The Labute approximate surface area is 187 Å². The van der Waals surface area contributed by atoms with E-state index in [1.165, 1.54) is 5.56 Å². The van der Waals surface area contributed by atoms with Gasteiger partial charge in [-0.25, -0.2) is 4.79 Å². The van der Waals surface area contributed by atoms with Gasteiger partial charge in [0.1, 0.15) is 30.8 Å². The standard InChI is InChI=1S/C25H28N2O5/c1-18-24(19(2)32-26-18)17-30-22-10-8-21(9-11-22)25(28)31-16-23-15-27(12-13-29-23)14-20-6-4-3-5-7-20/h3-11,23H,12-17H2,1-2H3. The number of carbonyl (C=O) groups excluding carboxylic acids is 1. The summed E-state index contributed by atoms with van der Waals surface area (Å²) in [6.07, 6.45) is -0.130. The third-order valence-electron chi connectivity index (χ3n) is 5.53. The highest BCUT2D eigenvalue weighted by Gasteiger charge is 2.22. The third-order valence-corrected chi connectivity index (χ3v) is 5.53. The second-order valence-electron chi connectivity index (χ2n) is 7.93. The van der Waals surface area contributed by atoms with Crippen molar-refractivity contribution in [3.8, 4) is 5.75 Å². The Morgan fingerprint density at radius 1 is 1.12 bits per heavy atom. The first-order chi connectivity index (χ1) is 15.6. The summed E-state index contributed by atoms with van der Waals surface area (Å²) in [6, 6.07) is 17.3. The van der Waals surface area contributed by atoms with Crippen LogP contribution in [0.1, 0.15) is 32.9 Å². The minimum Gasteiger partial charge on any atom is -0.489 e. The number of hydrogen-bond donors (Lipinski definition) is 0. The van der Waals surface area contributed by atoms with Gasteiger partial charge < -0.3 is 18.7 Å². The Kier molecular flexibility index (Phi) is 7.19. The number of benzene rings is 2. The molecule has 0 amide bonds. The van der Waals surface area contributed by atoms with E-state index >= 15 is 0 Å². The van der Waals surface area contributed by atoms with Gasteiger partial charge in [0.2, 0.25) is 0 Å². The van der Waals surface area contributed by atoms with Crippen LogP contribution in [-0.2, 0) is 22.6 Å². The monoisotopic (exact) mass is 436 g/mol. The summed E-state index contributed by atoms with van der Waals surface area (Å²) in [6.45, 7) is 7.43. The lowest BCUT2D eigenvalue weighted by Crippen LogP contribution is -2.44. The molecular formula is C25H28N2O5. The number of morpholine rings is 1. The zero-order chi connectivity index (χ0) is 22.3. The normalized spacial score (nSPS) is 16.6. The highest BCUT2D eigenvalue weighted by Crippen LogP contribution is 2.18. The van der Waals surface area contributed by atoms with Crippen LogP contribution < -0.4 is 4.74 Å². The quantitative estimate of drug-likeness (QED) is 0.495. The zero-order valence-corrected chi connectivity index (χ0v) is 18.5. The molecule has 1 unspecified atom stereocenters. The van der Waals surface area contributed by atoms with Gasteiger partial charge in [-0.15, -0.1) is 0 Å². The van der Waals surface area contributed by atoms with Crippen molar-refractivity contribution in [3.05, 3.63) is 82.7 Å². The number of ether oxygens (including phenoxy) is 3. The minimum absolute atomic E-state index is 0.130. The molecular weight excluding hydrogens is 408 g/mol. The lowest BCUT2D eigenvalue weighted by Gasteiger charge is -2.32. The van der Waals surface area contributed by atoms with Gasteiger partial charge in [0.15, 0.2) is 0 Å². The summed E-state index contributed by atoms with van der Waals surface area (Å²) in [5.41, 5.74) is 3.49. The Morgan fingerprint density at radius 2 is 1.91 bits per heavy atom. The van der Waals surface area contributed by atoms with Gasteiger partial charge in [0.05, 0.1) is 23.4 Å². The molecule has 0 bridgehead atoms. The number of nitrogens with zero attached hydrogens (tertiary/aromatic N) is 2. The first-order valence-electron chi connectivity index (χ1n) is 10.8. The molecule has 0 saturated carbocycles. The Balaban J connectivity index is 1.24. The van der Waals surface area contributed by atoms with Crippen LogP contribution >= 0.6 is 0 Å². The number of hydrogen-bond acceptors (Lipinski definition) is 7.